The second-order valence-electron chi connectivity index (χ2n) is 6.57. The third-order valence-electron chi connectivity index (χ3n) is 4.75. The number of carbonyl (C=O) groups excluding carboxylic acids is 1. The van der Waals surface area contributed by atoms with Crippen molar-refractivity contribution in [1.29, 1.82) is 0 Å². The second kappa shape index (κ2) is 7.11. The van der Waals surface area contributed by atoms with E-state index in [4.69, 9.17) is 10.9 Å². The molecule has 21 heavy (non-hydrogen) atoms. The molecule has 2 aliphatic heterocycles. The SMILES string of the molecule is CC(C)C(C(=O)N1CCC(N2CCCCC2)C1)C(N)=NO. The van der Waals surface area contributed by atoms with Crippen LogP contribution < -0.4 is 5.73 Å². The fourth-order valence-corrected chi connectivity index (χ4v) is 3.54. The van der Waals surface area contributed by atoms with Gasteiger partial charge in [0.2, 0.25) is 5.91 Å². The highest BCUT2D eigenvalue weighted by molar-refractivity contribution is 6.02. The van der Waals surface area contributed by atoms with Gasteiger partial charge in [-0.3, -0.25) is 9.69 Å². The first kappa shape index (κ1) is 16.1. The lowest BCUT2D eigenvalue weighted by atomic mass is 9.93. The van der Waals surface area contributed by atoms with Gasteiger partial charge < -0.3 is 15.8 Å². The minimum absolute atomic E-state index is 0.000176. The van der Waals surface area contributed by atoms with Gasteiger partial charge in [-0.05, 0) is 38.3 Å². The van der Waals surface area contributed by atoms with E-state index in [1.807, 2.05) is 18.7 Å². The number of oxime groups is 1. The van der Waals surface area contributed by atoms with Gasteiger partial charge in [0.25, 0.3) is 0 Å². The summed E-state index contributed by atoms with van der Waals surface area (Å²) in [6, 6.07) is 0.481. The van der Waals surface area contributed by atoms with Crippen LogP contribution in [0.5, 0.6) is 0 Å². The molecule has 0 aliphatic carbocycles. The first-order valence-corrected chi connectivity index (χ1v) is 8.05. The van der Waals surface area contributed by atoms with Crippen LogP contribution in [0.1, 0.15) is 39.5 Å². The Morgan fingerprint density at radius 3 is 2.48 bits per heavy atom. The van der Waals surface area contributed by atoms with E-state index >= 15 is 0 Å². The lowest BCUT2D eigenvalue weighted by Crippen LogP contribution is -2.46. The predicted octanol–water partition coefficient (Wildman–Crippen LogP) is 1.09. The highest BCUT2D eigenvalue weighted by Gasteiger charge is 2.36. The molecule has 1 amide bonds. The van der Waals surface area contributed by atoms with Crippen LogP contribution in [0.4, 0.5) is 0 Å². The zero-order chi connectivity index (χ0) is 15.4. The molecular weight excluding hydrogens is 268 g/mol. The van der Waals surface area contributed by atoms with Crippen molar-refractivity contribution in [3.05, 3.63) is 0 Å². The fourth-order valence-electron chi connectivity index (χ4n) is 3.54. The molecular formula is C15H28N4O2. The Balaban J connectivity index is 1.97. The minimum Gasteiger partial charge on any atom is -0.409 e. The zero-order valence-electron chi connectivity index (χ0n) is 13.2. The quantitative estimate of drug-likeness (QED) is 0.352. The number of nitrogens with two attached hydrogens (primary N) is 1. The number of hydrogen-bond acceptors (Lipinski definition) is 4. The van der Waals surface area contributed by atoms with Crippen molar-refractivity contribution in [2.24, 2.45) is 22.7 Å². The molecule has 0 spiro atoms. The van der Waals surface area contributed by atoms with Gasteiger partial charge in [-0.2, -0.15) is 0 Å². The first-order chi connectivity index (χ1) is 10.0. The van der Waals surface area contributed by atoms with Crippen LogP contribution >= 0.6 is 0 Å². The summed E-state index contributed by atoms with van der Waals surface area (Å²) >= 11 is 0. The molecule has 0 aromatic heterocycles. The van der Waals surface area contributed by atoms with Crippen molar-refractivity contribution >= 4 is 11.7 Å². The summed E-state index contributed by atoms with van der Waals surface area (Å²) in [5.74, 6) is -0.464. The lowest BCUT2D eigenvalue weighted by Gasteiger charge is -2.32. The first-order valence-electron chi connectivity index (χ1n) is 8.05. The third kappa shape index (κ3) is 3.67. The predicted molar refractivity (Wildman–Crippen MR) is 82.1 cm³/mol. The van der Waals surface area contributed by atoms with Gasteiger partial charge in [0.05, 0.1) is 0 Å². The van der Waals surface area contributed by atoms with Crippen LogP contribution in [-0.4, -0.2) is 59.0 Å². The molecule has 2 unspecified atom stereocenters. The Bertz CT molecular complexity index is 391. The van der Waals surface area contributed by atoms with Crippen molar-refractivity contribution < 1.29 is 10.0 Å². The van der Waals surface area contributed by atoms with Gasteiger partial charge in [0.15, 0.2) is 5.84 Å². The normalized spacial score (nSPS) is 26.3. The van der Waals surface area contributed by atoms with E-state index in [1.165, 1.54) is 19.3 Å². The van der Waals surface area contributed by atoms with Gasteiger partial charge >= 0.3 is 0 Å². The Hall–Kier alpha value is -1.30. The van der Waals surface area contributed by atoms with Crippen molar-refractivity contribution in [2.75, 3.05) is 26.2 Å². The summed E-state index contributed by atoms with van der Waals surface area (Å²) < 4.78 is 0. The summed E-state index contributed by atoms with van der Waals surface area (Å²) in [4.78, 5) is 17.1. The molecule has 3 N–H and O–H groups in total. The molecule has 0 aromatic rings. The molecule has 0 saturated carbocycles. The van der Waals surface area contributed by atoms with Gasteiger partial charge in [-0.1, -0.05) is 25.4 Å². The van der Waals surface area contributed by atoms with Crippen LogP contribution in [0.25, 0.3) is 0 Å². The zero-order valence-corrected chi connectivity index (χ0v) is 13.2. The molecule has 2 fully saturated rings. The lowest BCUT2D eigenvalue weighted by molar-refractivity contribution is -0.133. The van der Waals surface area contributed by atoms with Gasteiger partial charge in [-0.15, -0.1) is 0 Å². The van der Waals surface area contributed by atoms with Crippen LogP contribution in [0.2, 0.25) is 0 Å². The number of carbonyl (C=O) groups is 1. The monoisotopic (exact) mass is 296 g/mol. The fraction of sp³-hybridized carbons (Fsp3) is 0.867. The van der Waals surface area contributed by atoms with Crippen LogP contribution in [-0.2, 0) is 4.79 Å². The molecule has 2 saturated heterocycles. The van der Waals surface area contributed by atoms with Crippen molar-refractivity contribution in [2.45, 2.75) is 45.6 Å². The van der Waals surface area contributed by atoms with Crippen LogP contribution in [0, 0.1) is 11.8 Å². The maximum Gasteiger partial charge on any atom is 0.233 e. The average Bonchev–Trinajstić information content (AvgIpc) is 2.97. The molecule has 0 aromatic carbocycles. The number of piperidine rings is 1. The maximum absolute atomic E-state index is 12.7. The molecule has 2 aliphatic rings. The van der Waals surface area contributed by atoms with E-state index in [0.29, 0.717) is 6.04 Å². The summed E-state index contributed by atoms with van der Waals surface area (Å²) in [5.41, 5.74) is 5.71. The molecule has 6 heteroatoms. The number of likely N-dealkylation sites (tertiary alicyclic amines) is 2. The van der Waals surface area contributed by atoms with E-state index in [2.05, 4.69) is 10.1 Å². The van der Waals surface area contributed by atoms with E-state index in [0.717, 1.165) is 32.6 Å². The molecule has 2 rings (SSSR count). The summed E-state index contributed by atoms with van der Waals surface area (Å²) in [6.07, 6.45) is 4.89. The topological polar surface area (TPSA) is 82.2 Å². The van der Waals surface area contributed by atoms with E-state index in [-0.39, 0.29) is 17.7 Å². The minimum atomic E-state index is -0.518. The van der Waals surface area contributed by atoms with E-state index in [9.17, 15) is 4.79 Å². The van der Waals surface area contributed by atoms with Gasteiger partial charge in [0, 0.05) is 19.1 Å². The number of amidine groups is 1. The summed E-state index contributed by atoms with van der Waals surface area (Å²) in [6.45, 7) is 7.72. The second-order valence-corrected chi connectivity index (χ2v) is 6.57. The third-order valence-corrected chi connectivity index (χ3v) is 4.75. The molecule has 0 bridgehead atoms. The molecule has 6 nitrogen and oxygen atoms in total. The molecule has 2 heterocycles. The average molecular weight is 296 g/mol. The van der Waals surface area contributed by atoms with E-state index in [1.54, 1.807) is 0 Å². The summed E-state index contributed by atoms with van der Waals surface area (Å²) in [5, 5.41) is 11.9. The molecule has 0 radical (unpaired) electrons. The smallest absolute Gasteiger partial charge is 0.233 e. The Morgan fingerprint density at radius 2 is 1.90 bits per heavy atom. The maximum atomic E-state index is 12.7. The molecule has 2 atom stereocenters. The van der Waals surface area contributed by atoms with Gasteiger partial charge in [0.1, 0.15) is 5.92 Å². The number of hydrogen-bond donors (Lipinski definition) is 2. The number of nitrogens with zero attached hydrogens (tertiary/aromatic N) is 3. The number of amides is 1. The van der Waals surface area contributed by atoms with Crippen LogP contribution in [0.15, 0.2) is 5.16 Å². The van der Waals surface area contributed by atoms with Crippen molar-refractivity contribution in [1.82, 2.24) is 9.80 Å². The Kier molecular flexibility index (Phi) is 5.45. The van der Waals surface area contributed by atoms with Gasteiger partial charge in [-0.25, -0.2) is 0 Å². The summed E-state index contributed by atoms with van der Waals surface area (Å²) in [7, 11) is 0. The highest BCUT2D eigenvalue weighted by atomic mass is 16.4. The van der Waals surface area contributed by atoms with Crippen LogP contribution in [0.3, 0.4) is 0 Å². The number of rotatable bonds is 4. The van der Waals surface area contributed by atoms with Crippen molar-refractivity contribution in [3.63, 3.8) is 0 Å². The standard InChI is InChI=1S/C15H28N4O2/c1-11(2)13(14(16)17-21)15(20)19-9-6-12(10-19)18-7-4-3-5-8-18/h11-13,21H,3-10H2,1-2H3,(H2,16,17). The largest absolute Gasteiger partial charge is 0.409 e. The van der Waals surface area contributed by atoms with E-state index < -0.39 is 5.92 Å². The van der Waals surface area contributed by atoms with Crippen molar-refractivity contribution in [3.8, 4) is 0 Å². The highest BCUT2D eigenvalue weighted by Crippen LogP contribution is 2.23. The Morgan fingerprint density at radius 1 is 1.24 bits per heavy atom. The molecule has 120 valence electrons. The Labute approximate surface area is 127 Å².